The number of rotatable bonds is 4. The molecule has 1 unspecified atom stereocenters. The molecule has 0 aromatic heterocycles. The minimum absolute atomic E-state index is 0.0353. The predicted molar refractivity (Wildman–Crippen MR) is 115 cm³/mol. The van der Waals surface area contributed by atoms with Gasteiger partial charge in [0, 0.05) is 35.9 Å². The van der Waals surface area contributed by atoms with Crippen LogP contribution in [0.3, 0.4) is 0 Å². The van der Waals surface area contributed by atoms with Crippen molar-refractivity contribution in [3.63, 3.8) is 0 Å². The number of hydrogen-bond acceptors (Lipinski definition) is 3. The number of carbonyl (C=O) groups is 1. The minimum atomic E-state index is -0.345. The molecule has 0 radical (unpaired) electrons. The van der Waals surface area contributed by atoms with Crippen LogP contribution >= 0.6 is 0 Å². The van der Waals surface area contributed by atoms with E-state index in [9.17, 15) is 4.79 Å². The number of carbonyl (C=O) groups excluding carboxylic acids is 1. The van der Waals surface area contributed by atoms with Crippen LogP contribution in [-0.2, 0) is 4.79 Å². The third-order valence-electron chi connectivity index (χ3n) is 5.92. The molecule has 0 saturated carbocycles. The Morgan fingerprint density at radius 3 is 2.21 bits per heavy atom. The Kier molecular flexibility index (Phi) is 4.68. The van der Waals surface area contributed by atoms with E-state index in [0.717, 1.165) is 42.0 Å². The molecule has 4 nitrogen and oxygen atoms in total. The molecule has 2 aliphatic heterocycles. The lowest BCUT2D eigenvalue weighted by atomic mass is 9.87. The molecule has 29 heavy (non-hydrogen) atoms. The molecule has 0 spiro atoms. The van der Waals surface area contributed by atoms with E-state index in [0.29, 0.717) is 12.6 Å². The summed E-state index contributed by atoms with van der Waals surface area (Å²) < 4.78 is 6.02. The van der Waals surface area contributed by atoms with Crippen molar-refractivity contribution in [2.45, 2.75) is 24.8 Å². The first-order valence-corrected chi connectivity index (χ1v) is 10.3. The highest BCUT2D eigenvalue weighted by Gasteiger charge is 2.33. The van der Waals surface area contributed by atoms with E-state index >= 15 is 0 Å². The van der Waals surface area contributed by atoms with Crippen LogP contribution in [0.5, 0.6) is 11.5 Å². The van der Waals surface area contributed by atoms with Crippen molar-refractivity contribution in [1.82, 2.24) is 5.32 Å². The third kappa shape index (κ3) is 3.35. The van der Waals surface area contributed by atoms with Gasteiger partial charge in [-0.3, -0.25) is 4.79 Å². The second-order valence-corrected chi connectivity index (χ2v) is 7.68. The van der Waals surface area contributed by atoms with E-state index in [1.807, 2.05) is 54.6 Å². The fourth-order valence-corrected chi connectivity index (χ4v) is 4.52. The van der Waals surface area contributed by atoms with Crippen molar-refractivity contribution in [3.8, 4) is 11.5 Å². The smallest absolute Gasteiger partial charge is 0.232 e. The average molecular weight is 384 g/mol. The zero-order valence-corrected chi connectivity index (χ0v) is 16.3. The van der Waals surface area contributed by atoms with Crippen LogP contribution in [0.25, 0.3) is 0 Å². The molecule has 5 rings (SSSR count). The lowest BCUT2D eigenvalue weighted by molar-refractivity contribution is -0.121. The minimum Gasteiger partial charge on any atom is -0.457 e. The maximum atomic E-state index is 13.3. The first-order valence-electron chi connectivity index (χ1n) is 10.3. The molecule has 146 valence electrons. The van der Waals surface area contributed by atoms with Crippen molar-refractivity contribution < 1.29 is 9.53 Å². The molecule has 2 aliphatic rings. The molecule has 3 aromatic carbocycles. The van der Waals surface area contributed by atoms with Gasteiger partial charge in [0.1, 0.15) is 11.5 Å². The molecule has 1 saturated heterocycles. The summed E-state index contributed by atoms with van der Waals surface area (Å²) in [6, 6.07) is 26.4. The van der Waals surface area contributed by atoms with Crippen LogP contribution in [0, 0.1) is 0 Å². The first kappa shape index (κ1) is 17.8. The maximum absolute atomic E-state index is 13.3. The van der Waals surface area contributed by atoms with E-state index in [1.54, 1.807) is 0 Å². The van der Waals surface area contributed by atoms with Gasteiger partial charge in [-0.2, -0.15) is 0 Å². The van der Waals surface area contributed by atoms with Crippen LogP contribution in [0.15, 0.2) is 78.9 Å². The van der Waals surface area contributed by atoms with E-state index in [4.69, 9.17) is 4.74 Å². The first-order chi connectivity index (χ1) is 14.3. The molecule has 1 fully saturated rings. The molecule has 3 aromatic rings. The molecule has 0 aliphatic carbocycles. The number of nitrogens with zero attached hydrogens (tertiary/aromatic N) is 1. The summed E-state index contributed by atoms with van der Waals surface area (Å²) in [4.78, 5) is 15.7. The summed E-state index contributed by atoms with van der Waals surface area (Å²) >= 11 is 0. The lowest BCUT2D eigenvalue weighted by Crippen LogP contribution is -2.42. The Hall–Kier alpha value is -3.27. The van der Waals surface area contributed by atoms with Gasteiger partial charge in [-0.25, -0.2) is 0 Å². The molecular weight excluding hydrogens is 360 g/mol. The quantitative estimate of drug-likeness (QED) is 0.708. The van der Waals surface area contributed by atoms with Gasteiger partial charge < -0.3 is 15.0 Å². The Labute approximate surface area is 171 Å². The van der Waals surface area contributed by atoms with Crippen molar-refractivity contribution in [1.29, 1.82) is 0 Å². The van der Waals surface area contributed by atoms with Gasteiger partial charge in [0.15, 0.2) is 0 Å². The van der Waals surface area contributed by atoms with Crippen LogP contribution in [0.1, 0.15) is 29.9 Å². The fraction of sp³-hybridized carbons (Fsp3) is 0.240. The van der Waals surface area contributed by atoms with Crippen LogP contribution in [-0.4, -0.2) is 25.0 Å². The molecule has 2 heterocycles. The van der Waals surface area contributed by atoms with Crippen LogP contribution in [0.2, 0.25) is 0 Å². The molecule has 1 atom stereocenters. The Morgan fingerprint density at radius 1 is 0.897 bits per heavy atom. The van der Waals surface area contributed by atoms with Crippen molar-refractivity contribution in [2.24, 2.45) is 0 Å². The summed E-state index contributed by atoms with van der Waals surface area (Å²) in [5, 5.41) is 3.24. The number of hydrogen-bond donors (Lipinski definition) is 1. The standard InChI is InChI=1S/C25H24N2O2/c28-25(26-17-19-11-8-16-27(19)18-9-2-1-3-10-18)24-20-12-4-6-14-22(20)29-23-15-7-5-13-21(23)24/h1-7,9-10,12-15,19,24H,8,11,16-17H2,(H,26,28). The van der Waals surface area contributed by atoms with Crippen molar-refractivity contribution >= 4 is 11.6 Å². The maximum Gasteiger partial charge on any atom is 0.232 e. The fourth-order valence-electron chi connectivity index (χ4n) is 4.52. The lowest BCUT2D eigenvalue weighted by Gasteiger charge is -2.30. The highest BCUT2D eigenvalue weighted by molar-refractivity contribution is 5.89. The van der Waals surface area contributed by atoms with E-state index in [1.165, 1.54) is 5.69 Å². The second-order valence-electron chi connectivity index (χ2n) is 7.68. The summed E-state index contributed by atoms with van der Waals surface area (Å²) in [5.74, 6) is 1.21. The van der Waals surface area contributed by atoms with Gasteiger partial charge >= 0.3 is 0 Å². The SMILES string of the molecule is O=C(NCC1CCCN1c1ccccc1)C1c2ccccc2Oc2ccccc21. The van der Waals surface area contributed by atoms with Gasteiger partial charge in [-0.05, 0) is 37.1 Å². The van der Waals surface area contributed by atoms with Crippen molar-refractivity contribution in [3.05, 3.63) is 90.0 Å². The largest absolute Gasteiger partial charge is 0.457 e. The number of amides is 1. The number of ether oxygens (including phenoxy) is 1. The number of fused-ring (bicyclic) bond motifs is 2. The highest BCUT2D eigenvalue weighted by atomic mass is 16.5. The van der Waals surface area contributed by atoms with Gasteiger partial charge in [-0.1, -0.05) is 54.6 Å². The number of benzene rings is 3. The molecule has 1 N–H and O–H groups in total. The van der Waals surface area contributed by atoms with E-state index < -0.39 is 0 Å². The molecule has 1 amide bonds. The molecule has 4 heteroatoms. The molecular formula is C25H24N2O2. The highest BCUT2D eigenvalue weighted by Crippen LogP contribution is 2.43. The average Bonchev–Trinajstić information content (AvgIpc) is 3.25. The van der Waals surface area contributed by atoms with Crippen LogP contribution in [0.4, 0.5) is 5.69 Å². The molecule has 0 bridgehead atoms. The topological polar surface area (TPSA) is 41.6 Å². The van der Waals surface area contributed by atoms with E-state index in [2.05, 4.69) is 34.5 Å². The monoisotopic (exact) mass is 384 g/mol. The Balaban J connectivity index is 1.36. The number of para-hydroxylation sites is 3. The second kappa shape index (κ2) is 7.63. The zero-order chi connectivity index (χ0) is 19.6. The zero-order valence-electron chi connectivity index (χ0n) is 16.3. The van der Waals surface area contributed by atoms with Gasteiger partial charge in [0.05, 0.1) is 5.92 Å². The van der Waals surface area contributed by atoms with E-state index in [-0.39, 0.29) is 11.8 Å². The van der Waals surface area contributed by atoms with Gasteiger partial charge in [0.25, 0.3) is 0 Å². The summed E-state index contributed by atoms with van der Waals surface area (Å²) in [6.07, 6.45) is 2.24. The van der Waals surface area contributed by atoms with Gasteiger partial charge in [-0.15, -0.1) is 0 Å². The summed E-state index contributed by atoms with van der Waals surface area (Å²) in [6.45, 7) is 1.68. The van der Waals surface area contributed by atoms with Gasteiger partial charge in [0.2, 0.25) is 5.91 Å². The van der Waals surface area contributed by atoms with Crippen molar-refractivity contribution in [2.75, 3.05) is 18.0 Å². The third-order valence-corrected chi connectivity index (χ3v) is 5.92. The number of anilines is 1. The predicted octanol–water partition coefficient (Wildman–Crippen LogP) is 4.71. The normalized spacial score (nSPS) is 17.9. The Bertz CT molecular complexity index is 973. The number of nitrogens with one attached hydrogen (secondary N) is 1. The Morgan fingerprint density at radius 2 is 1.52 bits per heavy atom. The summed E-state index contributed by atoms with van der Waals surface area (Å²) in [7, 11) is 0. The van der Waals surface area contributed by atoms with Crippen LogP contribution < -0.4 is 15.0 Å². The summed E-state index contributed by atoms with van der Waals surface area (Å²) in [5.41, 5.74) is 3.08.